The largest absolute Gasteiger partial charge is 0.416 e. The summed E-state index contributed by atoms with van der Waals surface area (Å²) in [4.78, 5) is 18.9. The van der Waals surface area contributed by atoms with Gasteiger partial charge >= 0.3 is 11.9 Å². The molecule has 0 radical (unpaired) electrons. The van der Waals surface area contributed by atoms with Gasteiger partial charge in [-0.05, 0) is 42.3 Å². The van der Waals surface area contributed by atoms with Gasteiger partial charge in [0, 0.05) is 11.4 Å². The van der Waals surface area contributed by atoms with Gasteiger partial charge < -0.3 is 10.6 Å². The number of anilines is 4. The van der Waals surface area contributed by atoms with Crippen molar-refractivity contribution in [2.75, 3.05) is 10.6 Å². The number of hydrogen-bond donors (Lipinski definition) is 2. The summed E-state index contributed by atoms with van der Waals surface area (Å²) in [7, 11) is 0. The molecule has 0 unspecified atom stereocenters. The normalized spacial score (nSPS) is 11.2. The fourth-order valence-corrected chi connectivity index (χ4v) is 2.69. The standard InChI is InChI=1S/C19H16F3N5O2/c1-2-12-5-3-4-6-15(12)26-18-16(27(28)29)17(23-11-24-18)25-14-9-7-13(8-10-14)19(20,21)22/h3-11H,2H2,1H3,(H2,23,24,25,26). The number of nitrogens with zero attached hydrogens (tertiary/aromatic N) is 3. The topological polar surface area (TPSA) is 93.0 Å². The van der Waals surface area contributed by atoms with Gasteiger partial charge in [0.15, 0.2) is 0 Å². The molecule has 0 aliphatic heterocycles. The molecule has 0 amide bonds. The van der Waals surface area contributed by atoms with Crippen LogP contribution < -0.4 is 10.6 Å². The van der Waals surface area contributed by atoms with Crippen LogP contribution in [0.2, 0.25) is 0 Å². The summed E-state index contributed by atoms with van der Waals surface area (Å²) in [6.07, 6.45) is -2.63. The van der Waals surface area contributed by atoms with Crippen LogP contribution in [-0.2, 0) is 12.6 Å². The van der Waals surface area contributed by atoms with Crippen molar-refractivity contribution in [2.45, 2.75) is 19.5 Å². The minimum Gasteiger partial charge on any atom is -0.334 e. The van der Waals surface area contributed by atoms with Gasteiger partial charge in [-0.15, -0.1) is 0 Å². The van der Waals surface area contributed by atoms with Crippen LogP contribution in [0.5, 0.6) is 0 Å². The number of para-hydroxylation sites is 1. The third kappa shape index (κ3) is 4.60. The molecule has 1 aromatic heterocycles. The number of alkyl halides is 3. The molecular formula is C19H16F3N5O2. The summed E-state index contributed by atoms with van der Waals surface area (Å²) in [5, 5.41) is 17.3. The average Bonchev–Trinajstić information content (AvgIpc) is 2.68. The molecule has 0 spiro atoms. The molecule has 3 aromatic rings. The molecule has 0 aliphatic rings. The lowest BCUT2D eigenvalue weighted by Gasteiger charge is -2.13. The molecule has 0 atom stereocenters. The molecule has 150 valence electrons. The number of rotatable bonds is 6. The molecule has 0 fully saturated rings. The first kappa shape index (κ1) is 20.1. The number of nitrogens with one attached hydrogen (secondary N) is 2. The minimum absolute atomic E-state index is 0.0275. The first-order chi connectivity index (χ1) is 13.8. The van der Waals surface area contributed by atoms with Gasteiger partial charge in [0.1, 0.15) is 6.33 Å². The van der Waals surface area contributed by atoms with Crippen LogP contribution in [0.25, 0.3) is 0 Å². The van der Waals surface area contributed by atoms with Gasteiger partial charge in [-0.1, -0.05) is 25.1 Å². The van der Waals surface area contributed by atoms with Gasteiger partial charge in [0.2, 0.25) is 11.6 Å². The van der Waals surface area contributed by atoms with E-state index in [1.807, 2.05) is 19.1 Å². The van der Waals surface area contributed by atoms with Crippen molar-refractivity contribution in [1.82, 2.24) is 9.97 Å². The predicted molar refractivity (Wildman–Crippen MR) is 103 cm³/mol. The molecule has 2 aromatic carbocycles. The first-order valence-corrected chi connectivity index (χ1v) is 8.58. The number of halogens is 3. The Hall–Kier alpha value is -3.69. The fourth-order valence-electron chi connectivity index (χ4n) is 2.69. The number of nitro groups is 1. The van der Waals surface area contributed by atoms with Gasteiger partial charge in [0.25, 0.3) is 0 Å². The van der Waals surface area contributed by atoms with E-state index in [0.29, 0.717) is 12.1 Å². The van der Waals surface area contributed by atoms with E-state index in [1.54, 1.807) is 12.1 Å². The van der Waals surface area contributed by atoms with E-state index in [-0.39, 0.29) is 17.3 Å². The van der Waals surface area contributed by atoms with Gasteiger partial charge in [-0.2, -0.15) is 13.2 Å². The van der Waals surface area contributed by atoms with Gasteiger partial charge in [-0.3, -0.25) is 10.1 Å². The van der Waals surface area contributed by atoms with E-state index in [2.05, 4.69) is 20.6 Å². The van der Waals surface area contributed by atoms with E-state index < -0.39 is 22.4 Å². The first-order valence-electron chi connectivity index (χ1n) is 8.58. The molecule has 2 N–H and O–H groups in total. The maximum Gasteiger partial charge on any atom is 0.416 e. The molecule has 10 heteroatoms. The molecule has 0 saturated carbocycles. The second-order valence-corrected chi connectivity index (χ2v) is 6.01. The van der Waals surface area contributed by atoms with Crippen molar-refractivity contribution >= 4 is 28.7 Å². The average molecular weight is 403 g/mol. The summed E-state index contributed by atoms with van der Waals surface area (Å²) in [6.45, 7) is 1.95. The summed E-state index contributed by atoms with van der Waals surface area (Å²) in [5.74, 6) is -0.165. The Morgan fingerprint density at radius 1 is 1.00 bits per heavy atom. The predicted octanol–water partition coefficient (Wildman–Crippen LogP) is 5.45. The lowest BCUT2D eigenvalue weighted by molar-refractivity contribution is -0.383. The molecule has 0 bridgehead atoms. The monoisotopic (exact) mass is 403 g/mol. The van der Waals surface area contributed by atoms with E-state index >= 15 is 0 Å². The Bertz CT molecular complexity index is 1020. The molecule has 0 saturated heterocycles. The molecule has 29 heavy (non-hydrogen) atoms. The second kappa shape index (κ2) is 8.13. The van der Waals surface area contributed by atoms with E-state index in [0.717, 1.165) is 24.0 Å². The highest BCUT2D eigenvalue weighted by atomic mass is 19.4. The molecule has 3 rings (SSSR count). The van der Waals surface area contributed by atoms with Crippen molar-refractivity contribution in [2.24, 2.45) is 0 Å². The van der Waals surface area contributed by atoms with Crippen molar-refractivity contribution < 1.29 is 18.1 Å². The third-order valence-electron chi connectivity index (χ3n) is 4.13. The van der Waals surface area contributed by atoms with Crippen LogP contribution >= 0.6 is 0 Å². The van der Waals surface area contributed by atoms with Crippen LogP contribution in [-0.4, -0.2) is 14.9 Å². The zero-order chi connectivity index (χ0) is 21.0. The summed E-state index contributed by atoms with van der Waals surface area (Å²) >= 11 is 0. The smallest absolute Gasteiger partial charge is 0.334 e. The van der Waals surface area contributed by atoms with Crippen LogP contribution in [0.4, 0.5) is 41.9 Å². The Balaban J connectivity index is 1.94. The molecule has 0 aliphatic carbocycles. The summed E-state index contributed by atoms with van der Waals surface area (Å²) < 4.78 is 38.1. The number of benzene rings is 2. The third-order valence-corrected chi connectivity index (χ3v) is 4.13. The van der Waals surface area contributed by atoms with Crippen LogP contribution in [0.1, 0.15) is 18.1 Å². The quantitative estimate of drug-likeness (QED) is 0.420. The van der Waals surface area contributed by atoms with Gasteiger partial charge in [-0.25, -0.2) is 9.97 Å². The Morgan fingerprint density at radius 3 is 2.21 bits per heavy atom. The summed E-state index contributed by atoms with van der Waals surface area (Å²) in [5.41, 5.74) is 0.590. The van der Waals surface area contributed by atoms with E-state index in [9.17, 15) is 23.3 Å². The lowest BCUT2D eigenvalue weighted by Crippen LogP contribution is -2.07. The van der Waals surface area contributed by atoms with Crippen LogP contribution in [0, 0.1) is 10.1 Å². The lowest BCUT2D eigenvalue weighted by atomic mass is 10.1. The highest BCUT2D eigenvalue weighted by molar-refractivity contribution is 5.77. The zero-order valence-electron chi connectivity index (χ0n) is 15.2. The Kier molecular flexibility index (Phi) is 5.62. The minimum atomic E-state index is -4.47. The molecule has 1 heterocycles. The number of aryl methyl sites for hydroxylation is 1. The van der Waals surface area contributed by atoms with Crippen LogP contribution in [0.3, 0.4) is 0 Å². The number of hydrogen-bond acceptors (Lipinski definition) is 6. The maximum atomic E-state index is 12.7. The second-order valence-electron chi connectivity index (χ2n) is 6.01. The van der Waals surface area contributed by atoms with Crippen molar-refractivity contribution in [3.05, 3.63) is 76.1 Å². The fraction of sp³-hybridized carbons (Fsp3) is 0.158. The van der Waals surface area contributed by atoms with Crippen molar-refractivity contribution in [1.29, 1.82) is 0 Å². The molecule has 7 nitrogen and oxygen atoms in total. The Morgan fingerprint density at radius 2 is 1.62 bits per heavy atom. The highest BCUT2D eigenvalue weighted by Gasteiger charge is 2.30. The highest BCUT2D eigenvalue weighted by Crippen LogP contribution is 2.35. The zero-order valence-corrected chi connectivity index (χ0v) is 15.2. The van der Waals surface area contributed by atoms with Crippen LogP contribution in [0.15, 0.2) is 54.9 Å². The summed E-state index contributed by atoms with van der Waals surface area (Å²) in [6, 6.07) is 11.4. The number of aromatic nitrogens is 2. The SMILES string of the molecule is CCc1ccccc1Nc1ncnc(Nc2ccc(C(F)(F)F)cc2)c1[N+](=O)[O-]. The van der Waals surface area contributed by atoms with E-state index in [4.69, 9.17) is 0 Å². The Labute approximate surface area is 163 Å². The van der Waals surface area contributed by atoms with Crippen molar-refractivity contribution in [3.63, 3.8) is 0 Å². The van der Waals surface area contributed by atoms with Crippen molar-refractivity contribution in [3.8, 4) is 0 Å². The molecular weight excluding hydrogens is 387 g/mol. The van der Waals surface area contributed by atoms with E-state index in [1.165, 1.54) is 12.1 Å². The maximum absolute atomic E-state index is 12.7. The van der Waals surface area contributed by atoms with Gasteiger partial charge in [0.05, 0.1) is 10.5 Å².